The molecular formula is C26H18ClFN4O. The Morgan fingerprint density at radius 2 is 1.73 bits per heavy atom. The SMILES string of the molecule is Cc1ccc(Cl)cc1-n1nc(C(=O)Nc2cccc3ccccc23)nc1-c1ccc(F)cc1. The summed E-state index contributed by atoms with van der Waals surface area (Å²) in [6.45, 7) is 1.91. The molecule has 1 aromatic heterocycles. The molecule has 1 heterocycles. The number of hydrogen-bond donors (Lipinski definition) is 1. The van der Waals surface area contributed by atoms with Crippen LogP contribution in [0.1, 0.15) is 16.2 Å². The van der Waals surface area contributed by atoms with E-state index in [0.29, 0.717) is 27.8 Å². The van der Waals surface area contributed by atoms with Crippen molar-refractivity contribution < 1.29 is 9.18 Å². The first kappa shape index (κ1) is 20.8. The minimum Gasteiger partial charge on any atom is -0.319 e. The molecule has 5 nitrogen and oxygen atoms in total. The minimum atomic E-state index is -0.451. The maximum atomic E-state index is 13.5. The highest BCUT2D eigenvalue weighted by molar-refractivity contribution is 6.30. The lowest BCUT2D eigenvalue weighted by atomic mass is 10.1. The van der Waals surface area contributed by atoms with Crippen LogP contribution in [0.5, 0.6) is 0 Å². The molecule has 33 heavy (non-hydrogen) atoms. The van der Waals surface area contributed by atoms with Crippen molar-refractivity contribution in [3.05, 3.63) is 107 Å². The third-order valence-electron chi connectivity index (χ3n) is 5.35. The molecule has 0 aliphatic carbocycles. The number of hydrogen-bond acceptors (Lipinski definition) is 3. The van der Waals surface area contributed by atoms with Crippen molar-refractivity contribution >= 4 is 34.0 Å². The molecule has 0 atom stereocenters. The fourth-order valence-electron chi connectivity index (χ4n) is 3.69. The molecule has 5 rings (SSSR count). The van der Waals surface area contributed by atoms with Gasteiger partial charge in [0.05, 0.1) is 5.69 Å². The molecule has 5 aromatic rings. The van der Waals surface area contributed by atoms with Crippen molar-refractivity contribution in [3.8, 4) is 17.1 Å². The summed E-state index contributed by atoms with van der Waals surface area (Å²) in [6, 6.07) is 24.8. The second-order valence-corrected chi connectivity index (χ2v) is 8.03. The van der Waals surface area contributed by atoms with Crippen molar-refractivity contribution in [3.63, 3.8) is 0 Å². The summed E-state index contributed by atoms with van der Waals surface area (Å²) in [7, 11) is 0. The quantitative estimate of drug-likeness (QED) is 0.338. The van der Waals surface area contributed by atoms with Crippen molar-refractivity contribution in [1.82, 2.24) is 14.8 Å². The number of aromatic nitrogens is 3. The average Bonchev–Trinajstić information content (AvgIpc) is 3.27. The van der Waals surface area contributed by atoms with E-state index in [4.69, 9.17) is 11.6 Å². The Morgan fingerprint density at radius 1 is 0.970 bits per heavy atom. The lowest BCUT2D eigenvalue weighted by Crippen LogP contribution is -2.14. The standard InChI is InChI=1S/C26H18ClFN4O/c1-16-9-12-19(27)15-23(16)32-25(18-10-13-20(28)14-11-18)30-24(31-32)26(33)29-22-8-4-6-17-5-2-3-7-21(17)22/h2-15H,1H3,(H,29,33). The Morgan fingerprint density at radius 3 is 2.55 bits per heavy atom. The van der Waals surface area contributed by atoms with E-state index in [1.165, 1.54) is 12.1 Å². The van der Waals surface area contributed by atoms with Crippen LogP contribution in [0.3, 0.4) is 0 Å². The number of amides is 1. The van der Waals surface area contributed by atoms with Gasteiger partial charge in [0.1, 0.15) is 5.82 Å². The highest BCUT2D eigenvalue weighted by Gasteiger charge is 2.20. The normalized spacial score (nSPS) is 11.0. The zero-order valence-electron chi connectivity index (χ0n) is 17.6. The molecule has 0 saturated heterocycles. The monoisotopic (exact) mass is 456 g/mol. The summed E-state index contributed by atoms with van der Waals surface area (Å²) in [6.07, 6.45) is 0. The maximum absolute atomic E-state index is 13.5. The van der Waals surface area contributed by atoms with Crippen LogP contribution >= 0.6 is 11.6 Å². The van der Waals surface area contributed by atoms with Crippen LogP contribution in [0.15, 0.2) is 84.9 Å². The van der Waals surface area contributed by atoms with Crippen LogP contribution in [0, 0.1) is 12.7 Å². The van der Waals surface area contributed by atoms with Gasteiger partial charge in [-0.2, -0.15) is 0 Å². The maximum Gasteiger partial charge on any atom is 0.295 e. The van der Waals surface area contributed by atoms with E-state index < -0.39 is 5.91 Å². The van der Waals surface area contributed by atoms with Crippen molar-refractivity contribution in [2.75, 3.05) is 5.32 Å². The summed E-state index contributed by atoms with van der Waals surface area (Å²) in [5.74, 6) is -0.420. The molecular weight excluding hydrogens is 439 g/mol. The number of rotatable bonds is 4. The minimum absolute atomic E-state index is 0.0124. The number of carbonyl (C=O) groups is 1. The molecule has 0 aliphatic rings. The van der Waals surface area contributed by atoms with Gasteiger partial charge in [0.15, 0.2) is 5.82 Å². The number of nitrogens with zero attached hydrogens (tertiary/aromatic N) is 3. The van der Waals surface area contributed by atoms with Gasteiger partial charge in [-0.05, 0) is 60.3 Å². The highest BCUT2D eigenvalue weighted by atomic mass is 35.5. The van der Waals surface area contributed by atoms with Crippen LogP contribution in [-0.2, 0) is 0 Å². The Kier molecular flexibility index (Phi) is 5.36. The fourth-order valence-corrected chi connectivity index (χ4v) is 3.85. The van der Waals surface area contributed by atoms with Gasteiger partial charge in [-0.25, -0.2) is 14.1 Å². The van der Waals surface area contributed by atoms with E-state index >= 15 is 0 Å². The van der Waals surface area contributed by atoms with E-state index in [-0.39, 0.29) is 11.6 Å². The Labute approximate surface area is 194 Å². The first-order valence-electron chi connectivity index (χ1n) is 10.3. The Balaban J connectivity index is 1.60. The summed E-state index contributed by atoms with van der Waals surface area (Å²) >= 11 is 6.23. The van der Waals surface area contributed by atoms with Crippen LogP contribution in [-0.4, -0.2) is 20.7 Å². The van der Waals surface area contributed by atoms with Gasteiger partial charge >= 0.3 is 0 Å². The molecule has 4 aromatic carbocycles. The number of halogens is 2. The smallest absolute Gasteiger partial charge is 0.295 e. The molecule has 0 aliphatic heterocycles. The first-order valence-corrected chi connectivity index (χ1v) is 10.7. The molecule has 1 N–H and O–H groups in total. The zero-order chi connectivity index (χ0) is 22.9. The number of carbonyl (C=O) groups excluding carboxylic acids is 1. The first-order chi connectivity index (χ1) is 16.0. The summed E-state index contributed by atoms with van der Waals surface area (Å²) in [4.78, 5) is 17.7. The van der Waals surface area contributed by atoms with E-state index in [9.17, 15) is 9.18 Å². The molecule has 0 spiro atoms. The van der Waals surface area contributed by atoms with Crippen molar-refractivity contribution in [2.24, 2.45) is 0 Å². The average molecular weight is 457 g/mol. The molecule has 0 radical (unpaired) electrons. The van der Waals surface area contributed by atoms with E-state index in [2.05, 4.69) is 15.4 Å². The number of benzene rings is 4. The van der Waals surface area contributed by atoms with E-state index in [1.54, 1.807) is 28.9 Å². The zero-order valence-corrected chi connectivity index (χ0v) is 18.3. The molecule has 1 amide bonds. The molecule has 162 valence electrons. The predicted molar refractivity (Wildman–Crippen MR) is 128 cm³/mol. The van der Waals surface area contributed by atoms with Crippen molar-refractivity contribution in [1.29, 1.82) is 0 Å². The summed E-state index contributed by atoms with van der Waals surface area (Å²) in [5.41, 5.74) is 2.86. The van der Waals surface area contributed by atoms with Gasteiger partial charge < -0.3 is 5.32 Å². The summed E-state index contributed by atoms with van der Waals surface area (Å²) in [5, 5.41) is 9.86. The predicted octanol–water partition coefficient (Wildman–Crippen LogP) is 6.44. The van der Waals surface area contributed by atoms with Crippen LogP contribution in [0.4, 0.5) is 10.1 Å². The van der Waals surface area contributed by atoms with E-state index in [1.807, 2.05) is 55.5 Å². The fraction of sp³-hybridized carbons (Fsp3) is 0.0385. The van der Waals surface area contributed by atoms with Crippen LogP contribution in [0.2, 0.25) is 5.02 Å². The van der Waals surface area contributed by atoms with Gasteiger partial charge in [0, 0.05) is 21.7 Å². The molecule has 0 unspecified atom stereocenters. The lowest BCUT2D eigenvalue weighted by molar-refractivity contribution is 0.101. The van der Waals surface area contributed by atoms with Gasteiger partial charge in [-0.3, -0.25) is 4.79 Å². The molecule has 7 heteroatoms. The number of nitrogens with one attached hydrogen (secondary N) is 1. The van der Waals surface area contributed by atoms with Gasteiger partial charge in [-0.15, -0.1) is 5.10 Å². The third kappa shape index (κ3) is 4.08. The second kappa shape index (κ2) is 8.48. The topological polar surface area (TPSA) is 59.8 Å². The number of anilines is 1. The van der Waals surface area contributed by atoms with Crippen molar-refractivity contribution in [2.45, 2.75) is 6.92 Å². The Bertz CT molecular complexity index is 1490. The lowest BCUT2D eigenvalue weighted by Gasteiger charge is -2.09. The molecule has 0 bridgehead atoms. The second-order valence-electron chi connectivity index (χ2n) is 7.59. The van der Waals surface area contributed by atoms with Gasteiger partial charge in [-0.1, -0.05) is 54.1 Å². The number of aryl methyl sites for hydroxylation is 1. The highest BCUT2D eigenvalue weighted by Crippen LogP contribution is 2.27. The summed E-state index contributed by atoms with van der Waals surface area (Å²) < 4.78 is 15.1. The molecule has 0 saturated carbocycles. The molecule has 0 fully saturated rings. The van der Waals surface area contributed by atoms with E-state index in [0.717, 1.165) is 16.3 Å². The third-order valence-corrected chi connectivity index (χ3v) is 5.58. The Hall–Kier alpha value is -4.03. The van der Waals surface area contributed by atoms with Gasteiger partial charge in [0.25, 0.3) is 5.91 Å². The van der Waals surface area contributed by atoms with Crippen LogP contribution in [0.25, 0.3) is 27.8 Å². The largest absolute Gasteiger partial charge is 0.319 e. The number of fused-ring (bicyclic) bond motifs is 1. The van der Waals surface area contributed by atoms with Crippen LogP contribution < -0.4 is 5.32 Å². The van der Waals surface area contributed by atoms with Gasteiger partial charge in [0.2, 0.25) is 5.82 Å².